The number of nitrogens with zero attached hydrogens (tertiary/aromatic N) is 1. The topological polar surface area (TPSA) is 23.5 Å². The van der Waals surface area contributed by atoms with Crippen LogP contribution in [-0.4, -0.2) is 29.6 Å². The number of unbranched alkanes of at least 4 members (excludes halogenated alkanes) is 1. The lowest BCUT2D eigenvalue weighted by Crippen LogP contribution is -2.44. The maximum absolute atomic E-state index is 12.1. The Kier molecular flexibility index (Phi) is 7.95. The van der Waals surface area contributed by atoms with Gasteiger partial charge < -0.3 is 10.0 Å². The number of piperidine rings is 1. The average Bonchev–Trinajstić information content (AvgIpc) is 2.97. The Bertz CT molecular complexity index is 1140. The van der Waals surface area contributed by atoms with Crippen LogP contribution in [0, 0.1) is 5.92 Å². The molecule has 1 saturated heterocycles. The van der Waals surface area contributed by atoms with E-state index >= 15 is 0 Å². The minimum atomic E-state index is -0.930. The van der Waals surface area contributed by atoms with Crippen LogP contribution in [0.1, 0.15) is 42.4 Å². The first-order valence-corrected chi connectivity index (χ1v) is 13.4. The van der Waals surface area contributed by atoms with Gasteiger partial charge in [-0.05, 0) is 85.5 Å². The predicted octanol–water partition coefficient (Wildman–Crippen LogP) is 7.32. The second-order valence-electron chi connectivity index (χ2n) is 10.1. The van der Waals surface area contributed by atoms with Crippen molar-refractivity contribution in [3.63, 3.8) is 0 Å². The van der Waals surface area contributed by atoms with Crippen molar-refractivity contribution in [3.05, 3.63) is 132 Å². The fourth-order valence-corrected chi connectivity index (χ4v) is 5.76. The molecule has 0 atom stereocenters. The standard InChI is InChI=1S/C34H37NO/c36-34(31-15-6-2-7-16-31,32-17-8-3-9-18-32)33-23-26-35(27-24-33)25-11-10-12-28-19-21-30(22-20-28)29-13-4-1-5-14-29/h1-9,13-22,33,36H,10-12,23-27H2. The number of hydrogen-bond donors (Lipinski definition) is 1. The molecule has 2 heteroatoms. The number of likely N-dealkylation sites (tertiary alicyclic amines) is 1. The molecule has 4 aromatic carbocycles. The number of hydrogen-bond acceptors (Lipinski definition) is 2. The third-order valence-electron chi connectivity index (χ3n) is 7.86. The molecule has 1 N–H and O–H groups in total. The third kappa shape index (κ3) is 5.61. The van der Waals surface area contributed by atoms with Gasteiger partial charge in [0.1, 0.15) is 5.60 Å². The van der Waals surface area contributed by atoms with E-state index in [4.69, 9.17) is 0 Å². The molecule has 184 valence electrons. The molecule has 0 radical (unpaired) electrons. The number of rotatable bonds is 9. The number of aliphatic hydroxyl groups is 1. The Morgan fingerprint density at radius 2 is 1.11 bits per heavy atom. The van der Waals surface area contributed by atoms with Gasteiger partial charge in [0.05, 0.1) is 0 Å². The minimum absolute atomic E-state index is 0.224. The smallest absolute Gasteiger partial charge is 0.117 e. The molecule has 5 rings (SSSR count). The molecule has 0 bridgehead atoms. The van der Waals surface area contributed by atoms with Crippen molar-refractivity contribution in [3.8, 4) is 11.1 Å². The zero-order valence-electron chi connectivity index (χ0n) is 21.1. The van der Waals surface area contributed by atoms with E-state index in [1.54, 1.807) is 0 Å². The van der Waals surface area contributed by atoms with Crippen LogP contribution < -0.4 is 0 Å². The first-order chi connectivity index (χ1) is 17.7. The Morgan fingerprint density at radius 1 is 0.611 bits per heavy atom. The summed E-state index contributed by atoms with van der Waals surface area (Å²) in [4.78, 5) is 2.59. The molecule has 2 nitrogen and oxygen atoms in total. The SMILES string of the molecule is OC(c1ccccc1)(c1ccccc1)C1CCN(CCCCc2ccc(-c3ccccc3)cc2)CC1. The molecule has 0 spiro atoms. The summed E-state index contributed by atoms with van der Waals surface area (Å²) in [7, 11) is 0. The molecule has 4 aromatic rings. The van der Waals surface area contributed by atoms with Gasteiger partial charge in [-0.15, -0.1) is 0 Å². The minimum Gasteiger partial charge on any atom is -0.380 e. The quantitative estimate of drug-likeness (QED) is 0.256. The van der Waals surface area contributed by atoms with Gasteiger partial charge in [0.2, 0.25) is 0 Å². The zero-order valence-corrected chi connectivity index (χ0v) is 21.1. The van der Waals surface area contributed by atoms with Gasteiger partial charge in [0, 0.05) is 0 Å². The average molecular weight is 476 g/mol. The van der Waals surface area contributed by atoms with Gasteiger partial charge in [-0.2, -0.15) is 0 Å². The fraction of sp³-hybridized carbons (Fsp3) is 0.294. The van der Waals surface area contributed by atoms with Crippen molar-refractivity contribution < 1.29 is 5.11 Å². The summed E-state index contributed by atoms with van der Waals surface area (Å²) in [6.07, 6.45) is 5.59. The highest BCUT2D eigenvalue weighted by atomic mass is 16.3. The van der Waals surface area contributed by atoms with E-state index in [-0.39, 0.29) is 5.92 Å². The molecule has 0 saturated carbocycles. The lowest BCUT2D eigenvalue weighted by atomic mass is 9.72. The van der Waals surface area contributed by atoms with Crippen molar-refractivity contribution in [1.29, 1.82) is 0 Å². The van der Waals surface area contributed by atoms with Crippen LogP contribution >= 0.6 is 0 Å². The van der Waals surface area contributed by atoms with E-state index in [0.29, 0.717) is 0 Å². The summed E-state index contributed by atoms with van der Waals surface area (Å²) in [6.45, 7) is 3.25. The highest BCUT2D eigenvalue weighted by Crippen LogP contribution is 2.41. The highest BCUT2D eigenvalue weighted by Gasteiger charge is 2.41. The Hall–Kier alpha value is -3.20. The molecule has 1 aliphatic heterocycles. The lowest BCUT2D eigenvalue weighted by molar-refractivity contribution is -0.0143. The van der Waals surface area contributed by atoms with Gasteiger partial charge in [-0.3, -0.25) is 0 Å². The second kappa shape index (κ2) is 11.7. The molecule has 36 heavy (non-hydrogen) atoms. The summed E-state index contributed by atoms with van der Waals surface area (Å²) < 4.78 is 0. The Morgan fingerprint density at radius 3 is 1.67 bits per heavy atom. The van der Waals surface area contributed by atoms with Crippen LogP contribution in [0.2, 0.25) is 0 Å². The Labute approximate surface area is 216 Å². The van der Waals surface area contributed by atoms with E-state index in [0.717, 1.165) is 50.0 Å². The van der Waals surface area contributed by atoms with Crippen molar-refractivity contribution in [2.45, 2.75) is 37.7 Å². The zero-order chi connectivity index (χ0) is 24.6. The van der Waals surface area contributed by atoms with Crippen LogP contribution in [0.15, 0.2) is 115 Å². The van der Waals surface area contributed by atoms with Gasteiger partial charge in [0.25, 0.3) is 0 Å². The summed E-state index contributed by atoms with van der Waals surface area (Å²) >= 11 is 0. The summed E-state index contributed by atoms with van der Waals surface area (Å²) in [5.41, 5.74) is 5.07. The lowest BCUT2D eigenvalue weighted by Gasteiger charge is -2.42. The van der Waals surface area contributed by atoms with E-state index in [9.17, 15) is 5.11 Å². The van der Waals surface area contributed by atoms with E-state index in [2.05, 4.69) is 83.8 Å². The molecule has 0 amide bonds. The van der Waals surface area contributed by atoms with Crippen molar-refractivity contribution >= 4 is 0 Å². The third-order valence-corrected chi connectivity index (χ3v) is 7.86. The molecule has 1 fully saturated rings. The van der Waals surface area contributed by atoms with E-state index < -0.39 is 5.60 Å². The molecule has 0 aromatic heterocycles. The molecule has 1 aliphatic rings. The van der Waals surface area contributed by atoms with Crippen LogP contribution in [0.25, 0.3) is 11.1 Å². The van der Waals surface area contributed by atoms with Crippen LogP contribution in [0.3, 0.4) is 0 Å². The summed E-state index contributed by atoms with van der Waals surface area (Å²) in [5.74, 6) is 0.224. The maximum Gasteiger partial charge on any atom is 0.117 e. The van der Waals surface area contributed by atoms with Gasteiger partial charge in [-0.1, -0.05) is 115 Å². The van der Waals surface area contributed by atoms with Crippen LogP contribution in [0.5, 0.6) is 0 Å². The van der Waals surface area contributed by atoms with Crippen molar-refractivity contribution in [2.24, 2.45) is 5.92 Å². The van der Waals surface area contributed by atoms with Crippen LogP contribution in [-0.2, 0) is 12.0 Å². The van der Waals surface area contributed by atoms with Gasteiger partial charge >= 0.3 is 0 Å². The second-order valence-corrected chi connectivity index (χ2v) is 10.1. The molecular formula is C34H37NO. The van der Waals surface area contributed by atoms with Crippen LogP contribution in [0.4, 0.5) is 0 Å². The van der Waals surface area contributed by atoms with E-state index in [1.807, 2.05) is 36.4 Å². The highest BCUT2D eigenvalue weighted by molar-refractivity contribution is 5.63. The van der Waals surface area contributed by atoms with Gasteiger partial charge in [0.15, 0.2) is 0 Å². The van der Waals surface area contributed by atoms with Gasteiger partial charge in [-0.25, -0.2) is 0 Å². The van der Waals surface area contributed by atoms with Crippen molar-refractivity contribution in [2.75, 3.05) is 19.6 Å². The summed E-state index contributed by atoms with van der Waals surface area (Å²) in [6, 6.07) is 40.1. The maximum atomic E-state index is 12.1. The fourth-order valence-electron chi connectivity index (χ4n) is 5.76. The molecule has 0 unspecified atom stereocenters. The Balaban J connectivity index is 1.12. The van der Waals surface area contributed by atoms with Crippen molar-refractivity contribution in [1.82, 2.24) is 4.90 Å². The molecule has 0 aliphatic carbocycles. The monoisotopic (exact) mass is 475 g/mol. The predicted molar refractivity (Wildman–Crippen MR) is 150 cm³/mol. The molecular weight excluding hydrogens is 438 g/mol. The van der Waals surface area contributed by atoms with E-state index in [1.165, 1.54) is 29.5 Å². The number of aryl methyl sites for hydroxylation is 1. The number of benzene rings is 4. The largest absolute Gasteiger partial charge is 0.380 e. The summed E-state index contributed by atoms with van der Waals surface area (Å²) in [5, 5.41) is 12.1. The normalized spacial score (nSPS) is 15.1. The molecule has 1 heterocycles. The first-order valence-electron chi connectivity index (χ1n) is 13.4. The first kappa shape index (κ1) is 24.5.